The fraction of sp³-hybridized carbons (Fsp3) is 0.143. The normalized spacial score (nSPS) is 10.2. The Labute approximate surface area is 105 Å². The van der Waals surface area contributed by atoms with Crippen molar-refractivity contribution < 1.29 is 4.79 Å². The SMILES string of the molecule is O=Cc1ccnc(Cc2ccc(CCl)cc2)c1. The largest absolute Gasteiger partial charge is 0.298 e. The Balaban J connectivity index is 2.16. The number of nitrogens with zero attached hydrogens (tertiary/aromatic N) is 1. The van der Waals surface area contributed by atoms with Gasteiger partial charge in [0.05, 0.1) is 0 Å². The second kappa shape index (κ2) is 5.60. The van der Waals surface area contributed by atoms with Gasteiger partial charge in [-0.25, -0.2) is 0 Å². The molecule has 1 heterocycles. The molecule has 86 valence electrons. The van der Waals surface area contributed by atoms with Crippen molar-refractivity contribution >= 4 is 17.9 Å². The van der Waals surface area contributed by atoms with Crippen molar-refractivity contribution in [2.45, 2.75) is 12.3 Å². The summed E-state index contributed by atoms with van der Waals surface area (Å²) >= 11 is 5.73. The second-order valence-electron chi connectivity index (χ2n) is 3.83. The minimum absolute atomic E-state index is 0.527. The molecule has 0 aliphatic carbocycles. The summed E-state index contributed by atoms with van der Waals surface area (Å²) in [6.45, 7) is 0. The molecule has 17 heavy (non-hydrogen) atoms. The minimum atomic E-state index is 0.527. The molecule has 2 nitrogen and oxygen atoms in total. The number of pyridine rings is 1. The number of carbonyl (C=O) groups is 1. The van der Waals surface area contributed by atoms with E-state index in [1.54, 1.807) is 12.3 Å². The number of halogens is 1. The molecule has 0 radical (unpaired) electrons. The van der Waals surface area contributed by atoms with Gasteiger partial charge in [-0.1, -0.05) is 24.3 Å². The van der Waals surface area contributed by atoms with Crippen molar-refractivity contribution in [3.05, 3.63) is 65.0 Å². The van der Waals surface area contributed by atoms with E-state index in [-0.39, 0.29) is 0 Å². The van der Waals surface area contributed by atoms with Crippen LogP contribution in [0.15, 0.2) is 42.6 Å². The molecule has 1 aromatic heterocycles. The Kier molecular flexibility index (Phi) is 3.89. The van der Waals surface area contributed by atoms with Crippen LogP contribution in [0.4, 0.5) is 0 Å². The average molecular weight is 246 g/mol. The molecule has 0 unspecified atom stereocenters. The maximum atomic E-state index is 10.7. The number of hydrogen-bond donors (Lipinski definition) is 0. The molecule has 0 fully saturated rings. The Bertz CT molecular complexity index is 508. The number of alkyl halides is 1. The van der Waals surface area contributed by atoms with E-state index in [9.17, 15) is 4.79 Å². The Morgan fingerprint density at radius 2 is 1.82 bits per heavy atom. The molecule has 0 aliphatic rings. The third-order valence-electron chi connectivity index (χ3n) is 2.54. The molecule has 0 aliphatic heterocycles. The predicted molar refractivity (Wildman–Crippen MR) is 68.4 cm³/mol. The van der Waals surface area contributed by atoms with Gasteiger partial charge in [0.15, 0.2) is 0 Å². The van der Waals surface area contributed by atoms with E-state index in [1.165, 1.54) is 0 Å². The highest BCUT2D eigenvalue weighted by Crippen LogP contribution is 2.11. The standard InChI is InChI=1S/C14H12ClNO/c15-9-12-3-1-11(2-4-12)7-14-8-13(10-17)5-6-16-14/h1-6,8,10H,7,9H2. The molecule has 0 N–H and O–H groups in total. The number of hydrogen-bond acceptors (Lipinski definition) is 2. The van der Waals surface area contributed by atoms with Crippen LogP contribution in [0.1, 0.15) is 27.2 Å². The maximum Gasteiger partial charge on any atom is 0.150 e. The first-order chi connectivity index (χ1) is 8.31. The molecule has 0 saturated heterocycles. The molecule has 0 spiro atoms. The summed E-state index contributed by atoms with van der Waals surface area (Å²) in [6.07, 6.45) is 3.22. The summed E-state index contributed by atoms with van der Waals surface area (Å²) in [5, 5.41) is 0. The third kappa shape index (κ3) is 3.14. The zero-order valence-electron chi connectivity index (χ0n) is 9.27. The van der Waals surface area contributed by atoms with Crippen LogP contribution in [0, 0.1) is 0 Å². The van der Waals surface area contributed by atoms with Crippen molar-refractivity contribution in [3.8, 4) is 0 Å². The Morgan fingerprint density at radius 3 is 2.47 bits per heavy atom. The summed E-state index contributed by atoms with van der Waals surface area (Å²) in [6, 6.07) is 11.6. The summed E-state index contributed by atoms with van der Waals surface area (Å²) < 4.78 is 0. The van der Waals surface area contributed by atoms with E-state index in [2.05, 4.69) is 4.98 Å². The highest BCUT2D eigenvalue weighted by molar-refractivity contribution is 6.17. The third-order valence-corrected chi connectivity index (χ3v) is 2.85. The summed E-state index contributed by atoms with van der Waals surface area (Å²) in [4.78, 5) is 14.9. The van der Waals surface area contributed by atoms with Gasteiger partial charge in [-0.3, -0.25) is 9.78 Å². The molecular weight excluding hydrogens is 234 g/mol. The number of rotatable bonds is 4. The lowest BCUT2D eigenvalue weighted by Crippen LogP contribution is -1.94. The first-order valence-corrected chi connectivity index (χ1v) is 5.89. The first-order valence-electron chi connectivity index (χ1n) is 5.35. The fourth-order valence-corrected chi connectivity index (χ4v) is 1.80. The van der Waals surface area contributed by atoms with Crippen molar-refractivity contribution in [1.29, 1.82) is 0 Å². The number of benzene rings is 1. The summed E-state index contributed by atoms with van der Waals surface area (Å²) in [5.41, 5.74) is 3.82. The number of carbonyl (C=O) groups excluding carboxylic acids is 1. The van der Waals surface area contributed by atoms with E-state index in [0.29, 0.717) is 11.4 Å². The summed E-state index contributed by atoms with van der Waals surface area (Å²) in [7, 11) is 0. The van der Waals surface area contributed by atoms with Gasteiger partial charge in [-0.2, -0.15) is 0 Å². The number of aromatic nitrogens is 1. The van der Waals surface area contributed by atoms with Crippen LogP contribution in [-0.2, 0) is 12.3 Å². The Morgan fingerprint density at radius 1 is 1.12 bits per heavy atom. The quantitative estimate of drug-likeness (QED) is 0.612. The van der Waals surface area contributed by atoms with Gasteiger partial charge in [-0.15, -0.1) is 11.6 Å². The molecule has 0 amide bonds. The van der Waals surface area contributed by atoms with Crippen LogP contribution >= 0.6 is 11.6 Å². The maximum absolute atomic E-state index is 10.7. The smallest absolute Gasteiger partial charge is 0.150 e. The van der Waals surface area contributed by atoms with E-state index >= 15 is 0 Å². The van der Waals surface area contributed by atoms with Crippen LogP contribution in [0.5, 0.6) is 0 Å². The van der Waals surface area contributed by atoms with Crippen LogP contribution in [0.3, 0.4) is 0 Å². The van der Waals surface area contributed by atoms with Gasteiger partial charge < -0.3 is 0 Å². The first kappa shape index (κ1) is 11.8. The lowest BCUT2D eigenvalue weighted by Gasteiger charge is -2.02. The molecule has 3 heteroatoms. The zero-order valence-corrected chi connectivity index (χ0v) is 10.0. The van der Waals surface area contributed by atoms with Crippen molar-refractivity contribution in [3.63, 3.8) is 0 Å². The minimum Gasteiger partial charge on any atom is -0.298 e. The van der Waals surface area contributed by atoms with Crippen molar-refractivity contribution in [1.82, 2.24) is 4.98 Å². The van der Waals surface area contributed by atoms with E-state index in [0.717, 1.165) is 29.5 Å². The molecule has 0 atom stereocenters. The highest BCUT2D eigenvalue weighted by Gasteiger charge is 1.99. The monoisotopic (exact) mass is 245 g/mol. The van der Waals surface area contributed by atoms with Crippen LogP contribution < -0.4 is 0 Å². The molecule has 2 rings (SSSR count). The number of aldehydes is 1. The van der Waals surface area contributed by atoms with Crippen LogP contribution in [0.25, 0.3) is 0 Å². The van der Waals surface area contributed by atoms with E-state index in [1.807, 2.05) is 30.3 Å². The fourth-order valence-electron chi connectivity index (χ4n) is 1.62. The predicted octanol–water partition coefficient (Wildman–Crippen LogP) is 3.22. The van der Waals surface area contributed by atoms with E-state index in [4.69, 9.17) is 11.6 Å². The van der Waals surface area contributed by atoms with Gasteiger partial charge in [-0.05, 0) is 23.3 Å². The molecular formula is C14H12ClNO. The van der Waals surface area contributed by atoms with E-state index < -0.39 is 0 Å². The van der Waals surface area contributed by atoms with Gasteiger partial charge in [0.25, 0.3) is 0 Å². The second-order valence-corrected chi connectivity index (χ2v) is 4.09. The van der Waals surface area contributed by atoms with Crippen molar-refractivity contribution in [2.75, 3.05) is 0 Å². The Hall–Kier alpha value is -1.67. The van der Waals surface area contributed by atoms with Crippen molar-refractivity contribution in [2.24, 2.45) is 0 Å². The molecule has 0 saturated carbocycles. The topological polar surface area (TPSA) is 30.0 Å². The van der Waals surface area contributed by atoms with Crippen LogP contribution in [0.2, 0.25) is 0 Å². The highest BCUT2D eigenvalue weighted by atomic mass is 35.5. The van der Waals surface area contributed by atoms with Gasteiger partial charge in [0.2, 0.25) is 0 Å². The summed E-state index contributed by atoms with van der Waals surface area (Å²) in [5.74, 6) is 0.527. The molecule has 2 aromatic rings. The zero-order chi connectivity index (χ0) is 12.1. The molecule has 0 bridgehead atoms. The van der Waals surface area contributed by atoms with Gasteiger partial charge in [0, 0.05) is 29.8 Å². The van der Waals surface area contributed by atoms with Gasteiger partial charge in [0.1, 0.15) is 6.29 Å². The lowest BCUT2D eigenvalue weighted by atomic mass is 10.1. The molecule has 1 aromatic carbocycles. The lowest BCUT2D eigenvalue weighted by molar-refractivity contribution is 0.112. The van der Waals surface area contributed by atoms with Gasteiger partial charge >= 0.3 is 0 Å². The van der Waals surface area contributed by atoms with Crippen LogP contribution in [-0.4, -0.2) is 11.3 Å². The average Bonchev–Trinajstić information content (AvgIpc) is 2.40.